The summed E-state index contributed by atoms with van der Waals surface area (Å²) in [5.74, 6) is -2.06. The van der Waals surface area contributed by atoms with Crippen LogP contribution in [0, 0.1) is 0 Å². The minimum Gasteiger partial charge on any atom is -0.481 e. The Bertz CT molecular complexity index is 1090. The molecule has 0 aromatic heterocycles. The molecular weight excluding hydrogens is 431 g/mol. The van der Waals surface area contributed by atoms with Crippen molar-refractivity contribution in [2.45, 2.75) is 69.6 Å². The average molecular weight is 467 g/mol. The Kier molecular flexibility index (Phi) is 8.88. The van der Waals surface area contributed by atoms with Crippen LogP contribution in [0.1, 0.15) is 75.1 Å². The molecule has 0 heterocycles. The van der Waals surface area contributed by atoms with Crippen molar-refractivity contribution in [3.8, 4) is 0 Å². The summed E-state index contributed by atoms with van der Waals surface area (Å²) in [4.78, 5) is 24.4. The lowest BCUT2D eigenvalue weighted by molar-refractivity contribution is -0.139. The third kappa shape index (κ3) is 5.75. The Morgan fingerprint density at radius 3 is 2.18 bits per heavy atom. The van der Waals surface area contributed by atoms with E-state index >= 15 is 0 Å². The predicted molar refractivity (Wildman–Crippen MR) is 136 cm³/mol. The summed E-state index contributed by atoms with van der Waals surface area (Å²) in [7, 11) is -3.95. The van der Waals surface area contributed by atoms with E-state index in [0.29, 0.717) is 18.4 Å². The fourth-order valence-corrected chi connectivity index (χ4v) is 7.94. The lowest BCUT2D eigenvalue weighted by Gasteiger charge is -2.34. The van der Waals surface area contributed by atoms with Crippen LogP contribution in [0.25, 0.3) is 10.8 Å². The molecule has 4 nitrogen and oxygen atoms in total. The minimum absolute atomic E-state index is 0.415. The van der Waals surface area contributed by atoms with Crippen molar-refractivity contribution in [1.82, 2.24) is 0 Å². The van der Waals surface area contributed by atoms with E-state index in [4.69, 9.17) is 0 Å². The van der Waals surface area contributed by atoms with E-state index in [9.17, 15) is 19.4 Å². The molecule has 0 radical (unpaired) electrons. The summed E-state index contributed by atoms with van der Waals surface area (Å²) in [6.07, 6.45) is 4.29. The topological polar surface area (TPSA) is 74.6 Å². The van der Waals surface area contributed by atoms with Gasteiger partial charge in [-0.25, -0.2) is 0 Å². The maximum Gasteiger partial charge on any atom is 0.311 e. The number of carboxylic acids is 1. The van der Waals surface area contributed by atoms with Crippen molar-refractivity contribution in [2.24, 2.45) is 0 Å². The highest BCUT2D eigenvalue weighted by Gasteiger charge is 2.46. The number of hydrogen-bond acceptors (Lipinski definition) is 2. The summed E-state index contributed by atoms with van der Waals surface area (Å²) >= 11 is 0. The van der Waals surface area contributed by atoms with Crippen molar-refractivity contribution in [3.63, 3.8) is 0 Å². The smallest absolute Gasteiger partial charge is 0.311 e. The van der Waals surface area contributed by atoms with Gasteiger partial charge < -0.3 is 10.00 Å². The number of unbranched alkanes of at least 4 members (excludes halogenated alkanes) is 2. The number of fused-ring (bicyclic) bond motifs is 1. The molecule has 3 aromatic carbocycles. The second kappa shape index (κ2) is 11.6. The van der Waals surface area contributed by atoms with Crippen molar-refractivity contribution >= 4 is 24.1 Å². The highest BCUT2D eigenvalue weighted by molar-refractivity contribution is 7.59. The molecular formula is C28H35O4P. The van der Waals surface area contributed by atoms with Crippen LogP contribution in [0.15, 0.2) is 72.8 Å². The standard InChI is InChI=1S/C28H35O4P/c1-3-5-7-20-26(27(28(29)30)22-15-8-6-9-16-22)33(31,32)25(13-4-2)24-19-12-17-21-14-10-11-18-23(21)24/h6,8-12,14-19,25-27H,3-5,7,13,20H2,1-2H3,(H,29,30)(H,31,32). The Labute approximate surface area is 197 Å². The molecule has 3 rings (SSSR count). The molecule has 176 valence electrons. The lowest BCUT2D eigenvalue weighted by atomic mass is 9.92. The fourth-order valence-electron chi connectivity index (χ4n) is 4.94. The van der Waals surface area contributed by atoms with E-state index in [1.54, 1.807) is 24.3 Å². The molecule has 0 aliphatic carbocycles. The summed E-state index contributed by atoms with van der Waals surface area (Å²) in [6.45, 7) is 4.09. The number of carboxylic acid groups (broad SMARTS) is 1. The molecule has 0 saturated heterocycles. The summed E-state index contributed by atoms with van der Waals surface area (Å²) in [5.41, 5.74) is -0.0160. The zero-order valence-corrected chi connectivity index (χ0v) is 20.5. The quantitative estimate of drug-likeness (QED) is 0.211. The molecule has 0 amide bonds. The molecule has 3 aromatic rings. The van der Waals surface area contributed by atoms with Gasteiger partial charge in [-0.05, 0) is 34.7 Å². The van der Waals surface area contributed by atoms with Gasteiger partial charge in [0, 0.05) is 0 Å². The highest BCUT2D eigenvalue weighted by atomic mass is 31.2. The predicted octanol–water partition coefficient (Wildman–Crippen LogP) is 7.77. The van der Waals surface area contributed by atoms with Crippen molar-refractivity contribution < 1.29 is 19.4 Å². The fraction of sp³-hybridized carbons (Fsp3) is 0.393. The summed E-state index contributed by atoms with van der Waals surface area (Å²) in [6, 6.07) is 22.7. The van der Waals surface area contributed by atoms with Gasteiger partial charge in [-0.15, -0.1) is 0 Å². The van der Waals surface area contributed by atoms with Crippen LogP contribution in [0.3, 0.4) is 0 Å². The van der Waals surface area contributed by atoms with E-state index in [2.05, 4.69) is 6.92 Å². The molecule has 2 N–H and O–H groups in total. The molecule has 0 aliphatic heterocycles. The van der Waals surface area contributed by atoms with Gasteiger partial charge >= 0.3 is 5.97 Å². The molecule has 0 spiro atoms. The van der Waals surface area contributed by atoms with Crippen molar-refractivity contribution in [2.75, 3.05) is 0 Å². The number of rotatable bonds is 12. The molecule has 0 fully saturated rings. The molecule has 0 bridgehead atoms. The van der Waals surface area contributed by atoms with Gasteiger partial charge in [-0.3, -0.25) is 9.36 Å². The first-order chi connectivity index (χ1) is 15.9. The van der Waals surface area contributed by atoms with E-state index in [0.717, 1.165) is 42.0 Å². The highest BCUT2D eigenvalue weighted by Crippen LogP contribution is 2.66. The van der Waals surface area contributed by atoms with Crippen LogP contribution in [0.2, 0.25) is 0 Å². The second-order valence-corrected chi connectivity index (χ2v) is 11.5. The van der Waals surface area contributed by atoms with E-state index in [-0.39, 0.29) is 0 Å². The lowest BCUT2D eigenvalue weighted by Crippen LogP contribution is -2.28. The van der Waals surface area contributed by atoms with Crippen molar-refractivity contribution in [3.05, 3.63) is 83.9 Å². The maximum atomic E-state index is 14.5. The zero-order chi connectivity index (χ0) is 23.8. The molecule has 0 saturated carbocycles. The molecule has 4 unspecified atom stereocenters. The number of aliphatic carboxylic acids is 1. The van der Waals surface area contributed by atoms with Gasteiger partial charge in [0.2, 0.25) is 7.37 Å². The SMILES string of the molecule is CCCCCC(C(C(=O)O)c1ccccc1)P(=O)(O)C(CCC)c1cccc2ccccc12. The molecule has 4 atom stereocenters. The monoisotopic (exact) mass is 466 g/mol. The van der Waals surface area contributed by atoms with Crippen LogP contribution >= 0.6 is 7.37 Å². The maximum absolute atomic E-state index is 14.5. The molecule has 33 heavy (non-hydrogen) atoms. The minimum atomic E-state index is -3.95. The van der Waals surface area contributed by atoms with Crippen LogP contribution in [-0.2, 0) is 9.36 Å². The van der Waals surface area contributed by atoms with E-state index < -0.39 is 30.6 Å². The Hall–Kier alpha value is -2.42. The van der Waals surface area contributed by atoms with Crippen LogP contribution < -0.4 is 0 Å². The second-order valence-electron chi connectivity index (χ2n) is 8.84. The molecule has 0 aliphatic rings. The van der Waals surface area contributed by atoms with Gasteiger partial charge in [0.1, 0.15) is 0 Å². The third-order valence-corrected chi connectivity index (χ3v) is 9.52. The number of benzene rings is 3. The van der Waals surface area contributed by atoms with Gasteiger partial charge in [-0.1, -0.05) is 112 Å². The van der Waals surface area contributed by atoms with Gasteiger partial charge in [0.05, 0.1) is 17.2 Å². The largest absolute Gasteiger partial charge is 0.481 e. The zero-order valence-electron chi connectivity index (χ0n) is 19.6. The number of hydrogen-bond donors (Lipinski definition) is 2. The van der Waals surface area contributed by atoms with E-state index in [1.807, 2.05) is 55.5 Å². The van der Waals surface area contributed by atoms with E-state index in [1.165, 1.54) is 0 Å². The Balaban J connectivity index is 2.14. The third-order valence-electron chi connectivity index (χ3n) is 6.58. The van der Waals surface area contributed by atoms with Crippen LogP contribution in [-0.4, -0.2) is 21.6 Å². The van der Waals surface area contributed by atoms with Crippen LogP contribution in [0.5, 0.6) is 0 Å². The van der Waals surface area contributed by atoms with Crippen LogP contribution in [0.4, 0.5) is 0 Å². The average Bonchev–Trinajstić information content (AvgIpc) is 2.82. The van der Waals surface area contributed by atoms with Gasteiger partial charge in [-0.2, -0.15) is 0 Å². The van der Waals surface area contributed by atoms with Crippen molar-refractivity contribution in [1.29, 1.82) is 0 Å². The first-order valence-electron chi connectivity index (χ1n) is 12.0. The first-order valence-corrected chi connectivity index (χ1v) is 13.8. The first kappa shape index (κ1) is 25.2. The normalized spacial score (nSPS) is 16.1. The Morgan fingerprint density at radius 2 is 1.52 bits per heavy atom. The summed E-state index contributed by atoms with van der Waals surface area (Å²) in [5, 5.41) is 12.2. The number of carbonyl (C=O) groups is 1. The summed E-state index contributed by atoms with van der Waals surface area (Å²) < 4.78 is 14.5. The van der Waals surface area contributed by atoms with Gasteiger partial charge in [0.15, 0.2) is 0 Å². The molecule has 5 heteroatoms. The Morgan fingerprint density at radius 1 is 0.848 bits per heavy atom. The van der Waals surface area contributed by atoms with Gasteiger partial charge in [0.25, 0.3) is 0 Å².